The number of rotatable bonds is 3. The monoisotopic (exact) mass is 454 g/mol. The smallest absolute Gasteiger partial charge is 0 e. The standard InChI is InChI=1S/C18H15P.C6H8.2CO.Fe/c1-4-10-16(11-5-1)19(17-12-6-2-7-13-17)18-14-8-3-9-15-18;1-2-4-6-5-3-1;2*1-2;/h1-15H;1-4H,5-6H2;;;. The molecule has 0 aliphatic heterocycles. The zero-order valence-electron chi connectivity index (χ0n) is 16.5. The van der Waals surface area contributed by atoms with Crippen LogP contribution < -0.4 is 15.9 Å². The second-order valence-electron chi connectivity index (χ2n) is 5.78. The van der Waals surface area contributed by atoms with Gasteiger partial charge in [0.25, 0.3) is 0 Å². The Morgan fingerprint density at radius 3 is 0.967 bits per heavy atom. The van der Waals surface area contributed by atoms with E-state index in [1.807, 2.05) is 0 Å². The Morgan fingerprint density at radius 2 is 0.767 bits per heavy atom. The predicted octanol–water partition coefficient (Wildman–Crippen LogP) is 5.26. The molecule has 1 aliphatic rings. The Bertz CT molecular complexity index is 777. The van der Waals surface area contributed by atoms with E-state index in [1.165, 1.54) is 28.8 Å². The molecule has 0 N–H and O–H groups in total. The molecule has 4 heteroatoms. The molecule has 0 saturated carbocycles. The van der Waals surface area contributed by atoms with Gasteiger partial charge in [-0.15, -0.1) is 0 Å². The molecule has 1 aliphatic carbocycles. The molecule has 0 radical (unpaired) electrons. The fraction of sp³-hybridized carbons (Fsp3) is 0.0769. The quantitative estimate of drug-likeness (QED) is 0.224. The summed E-state index contributed by atoms with van der Waals surface area (Å²) in [6, 6.07) is 32.3. The van der Waals surface area contributed by atoms with Gasteiger partial charge in [0.05, 0.1) is 0 Å². The molecule has 0 saturated heterocycles. The van der Waals surface area contributed by atoms with Crippen LogP contribution in [0.15, 0.2) is 115 Å². The molecular weight excluding hydrogens is 431 g/mol. The van der Waals surface area contributed by atoms with Gasteiger partial charge in [-0.2, -0.15) is 0 Å². The summed E-state index contributed by atoms with van der Waals surface area (Å²) in [5.74, 6) is 0. The van der Waals surface area contributed by atoms with Crippen LogP contribution in [0.25, 0.3) is 0 Å². The first-order chi connectivity index (χ1) is 14.4. The third kappa shape index (κ3) is 9.86. The Balaban J connectivity index is 0.000000647. The molecule has 152 valence electrons. The van der Waals surface area contributed by atoms with Crippen LogP contribution in [0.1, 0.15) is 12.8 Å². The number of hydrogen-bond donors (Lipinski definition) is 0. The maximum atomic E-state index is 7.50. The average molecular weight is 454 g/mol. The molecule has 0 spiro atoms. The second-order valence-corrected chi connectivity index (χ2v) is 8.00. The van der Waals surface area contributed by atoms with Gasteiger partial charge in [0.1, 0.15) is 0 Å². The fourth-order valence-corrected chi connectivity index (χ4v) is 5.03. The molecule has 0 heterocycles. The van der Waals surface area contributed by atoms with Crippen molar-refractivity contribution in [2.45, 2.75) is 12.8 Å². The Morgan fingerprint density at radius 1 is 0.500 bits per heavy atom. The fourth-order valence-electron chi connectivity index (χ4n) is 2.72. The van der Waals surface area contributed by atoms with Crippen LogP contribution in [-0.2, 0) is 26.4 Å². The summed E-state index contributed by atoms with van der Waals surface area (Å²) < 4.78 is 15.0. The minimum atomic E-state index is -0.446. The van der Waals surface area contributed by atoms with Gasteiger partial charge in [-0.1, -0.05) is 115 Å². The summed E-state index contributed by atoms with van der Waals surface area (Å²) in [6.45, 7) is 9.00. The van der Waals surface area contributed by atoms with Crippen LogP contribution in [0, 0.1) is 13.3 Å². The maximum Gasteiger partial charge on any atom is 0 e. The number of allylic oxidation sites excluding steroid dienone is 4. The number of benzene rings is 3. The molecule has 0 amide bonds. The summed E-state index contributed by atoms with van der Waals surface area (Å²) in [6.07, 6.45) is 11.0. The van der Waals surface area contributed by atoms with Crippen LogP contribution in [0.4, 0.5) is 0 Å². The van der Waals surface area contributed by atoms with Crippen molar-refractivity contribution in [1.29, 1.82) is 0 Å². The molecule has 3 aromatic rings. The summed E-state index contributed by atoms with van der Waals surface area (Å²) in [4.78, 5) is 0. The van der Waals surface area contributed by atoms with Gasteiger partial charge in [0.2, 0.25) is 0 Å². The third-order valence-corrected chi connectivity index (χ3v) is 6.37. The van der Waals surface area contributed by atoms with Crippen molar-refractivity contribution in [2.75, 3.05) is 0 Å². The second kappa shape index (κ2) is 18.6. The van der Waals surface area contributed by atoms with Gasteiger partial charge in [-0.05, 0) is 36.7 Å². The predicted molar refractivity (Wildman–Crippen MR) is 121 cm³/mol. The summed E-state index contributed by atoms with van der Waals surface area (Å²) >= 11 is 0. The first-order valence-electron chi connectivity index (χ1n) is 9.13. The summed E-state index contributed by atoms with van der Waals surface area (Å²) in [5.41, 5.74) is 0. The van der Waals surface area contributed by atoms with Crippen molar-refractivity contribution in [3.05, 3.63) is 129 Å². The van der Waals surface area contributed by atoms with E-state index in [0.29, 0.717) is 0 Å². The van der Waals surface area contributed by atoms with Crippen molar-refractivity contribution in [3.8, 4) is 0 Å². The average Bonchev–Trinajstić information content (AvgIpc) is 2.85. The summed E-state index contributed by atoms with van der Waals surface area (Å²) in [5, 5.41) is 4.19. The molecule has 0 fully saturated rings. The molecule has 0 atom stereocenters. The van der Waals surface area contributed by atoms with Crippen LogP contribution in [0.2, 0.25) is 0 Å². The molecular formula is C26H23FeO2P. The van der Waals surface area contributed by atoms with E-state index in [2.05, 4.69) is 129 Å². The molecule has 30 heavy (non-hydrogen) atoms. The van der Waals surface area contributed by atoms with Crippen molar-refractivity contribution in [2.24, 2.45) is 0 Å². The zero-order valence-corrected chi connectivity index (χ0v) is 18.5. The van der Waals surface area contributed by atoms with Crippen LogP contribution in [-0.4, -0.2) is 0 Å². The van der Waals surface area contributed by atoms with Gasteiger partial charge < -0.3 is 0 Å². The van der Waals surface area contributed by atoms with E-state index in [4.69, 9.17) is 9.30 Å². The van der Waals surface area contributed by atoms with E-state index in [-0.39, 0.29) is 17.1 Å². The van der Waals surface area contributed by atoms with Crippen molar-refractivity contribution >= 4 is 23.8 Å². The minimum Gasteiger partial charge on any atom is -0.0622 e. The van der Waals surface area contributed by atoms with Crippen molar-refractivity contribution < 1.29 is 26.4 Å². The molecule has 0 unspecified atom stereocenters. The number of hydrogen-bond acceptors (Lipinski definition) is 0. The molecule has 0 aromatic heterocycles. The zero-order chi connectivity index (χ0) is 21.2. The first-order valence-corrected chi connectivity index (χ1v) is 10.5. The van der Waals surface area contributed by atoms with E-state index >= 15 is 0 Å². The first kappa shape index (κ1) is 27.6. The van der Waals surface area contributed by atoms with E-state index in [0.717, 1.165) is 0 Å². The third-order valence-electron chi connectivity index (χ3n) is 3.93. The minimum absolute atomic E-state index is 0. The van der Waals surface area contributed by atoms with Crippen molar-refractivity contribution in [1.82, 2.24) is 0 Å². The van der Waals surface area contributed by atoms with Crippen LogP contribution in [0.5, 0.6) is 0 Å². The van der Waals surface area contributed by atoms with Crippen LogP contribution >= 0.6 is 7.92 Å². The molecule has 3 aromatic carbocycles. The Kier molecular flexibility index (Phi) is 17.1. The van der Waals surface area contributed by atoms with Gasteiger partial charge in [-0.3, -0.25) is 0 Å². The topological polar surface area (TPSA) is 39.8 Å². The van der Waals surface area contributed by atoms with Crippen LogP contribution in [0.3, 0.4) is 0 Å². The molecule has 2 nitrogen and oxygen atoms in total. The molecule has 0 bridgehead atoms. The van der Waals surface area contributed by atoms with Gasteiger partial charge >= 0.3 is 22.6 Å². The molecule has 4 rings (SSSR count). The van der Waals surface area contributed by atoms with Gasteiger partial charge in [0.15, 0.2) is 0 Å². The summed E-state index contributed by atoms with van der Waals surface area (Å²) in [7, 11) is -0.446. The Labute approximate surface area is 191 Å². The van der Waals surface area contributed by atoms with E-state index in [9.17, 15) is 0 Å². The Hall–Kier alpha value is -2.43. The largest absolute Gasteiger partial charge is 0.0622 e. The van der Waals surface area contributed by atoms with Crippen molar-refractivity contribution in [3.63, 3.8) is 0 Å². The van der Waals surface area contributed by atoms with E-state index in [1.54, 1.807) is 0 Å². The van der Waals surface area contributed by atoms with Gasteiger partial charge in [0, 0.05) is 17.1 Å². The SMILES string of the molecule is C1=CCCC=C1.[C-]#[O+].[C-]#[O+].[Fe].c1ccc(P(c2ccccc2)c2ccccc2)cc1. The maximum absolute atomic E-state index is 7.50. The normalized spacial score (nSPS) is 10.6. The van der Waals surface area contributed by atoms with Gasteiger partial charge in [-0.25, -0.2) is 0 Å². The van der Waals surface area contributed by atoms with E-state index < -0.39 is 7.92 Å².